The van der Waals surface area contributed by atoms with Crippen LogP contribution in [0, 0.1) is 20.6 Å². The van der Waals surface area contributed by atoms with Crippen molar-refractivity contribution >= 4 is 45.0 Å². The molecule has 1 atom stereocenters. The van der Waals surface area contributed by atoms with Crippen LogP contribution in [0.3, 0.4) is 0 Å². The number of benzene rings is 2. The van der Waals surface area contributed by atoms with E-state index in [0.717, 1.165) is 15.7 Å². The number of nitrogens with one attached hydrogen (secondary N) is 1. The summed E-state index contributed by atoms with van der Waals surface area (Å²) in [5.41, 5.74) is -0.992. The molecule has 30 heavy (non-hydrogen) atoms. The number of methoxy groups -OCH3 is 1. The van der Waals surface area contributed by atoms with Crippen LogP contribution in [0.4, 0.5) is 24.7 Å². The van der Waals surface area contributed by atoms with Gasteiger partial charge in [0.05, 0.1) is 32.7 Å². The fourth-order valence-corrected chi connectivity index (χ4v) is 3.64. The number of fused-ring (bicyclic) bond motifs is 1. The number of nitrogens with zero attached hydrogens (tertiary/aromatic N) is 3. The summed E-state index contributed by atoms with van der Waals surface area (Å²) in [5.74, 6) is 1.50. The molecule has 0 aliphatic rings. The van der Waals surface area contributed by atoms with Crippen LogP contribution in [0.15, 0.2) is 30.3 Å². The largest absolute Gasteiger partial charge is 0.496 e. The third-order valence-corrected chi connectivity index (χ3v) is 5.26. The van der Waals surface area contributed by atoms with Crippen molar-refractivity contribution in [3.63, 3.8) is 0 Å². The van der Waals surface area contributed by atoms with Crippen LogP contribution in [0.2, 0.25) is 0 Å². The molecule has 0 fully saturated rings. The van der Waals surface area contributed by atoms with E-state index >= 15 is 0 Å². The molecule has 3 aromatic rings. The van der Waals surface area contributed by atoms with Crippen molar-refractivity contribution in [2.75, 3.05) is 12.4 Å². The second-order valence-electron chi connectivity index (χ2n) is 6.56. The molecule has 0 amide bonds. The van der Waals surface area contributed by atoms with Gasteiger partial charge in [-0.1, -0.05) is 0 Å². The van der Waals surface area contributed by atoms with Crippen LogP contribution >= 0.6 is 22.6 Å². The Morgan fingerprint density at radius 3 is 2.50 bits per heavy atom. The van der Waals surface area contributed by atoms with E-state index in [0.29, 0.717) is 34.4 Å². The van der Waals surface area contributed by atoms with E-state index in [2.05, 4.69) is 37.9 Å². The molecular formula is C19H16F3IN4O3. The third kappa shape index (κ3) is 4.55. The molecule has 1 heterocycles. The Kier molecular flexibility index (Phi) is 6.01. The molecule has 0 radical (unpaired) electrons. The van der Waals surface area contributed by atoms with E-state index in [4.69, 9.17) is 4.74 Å². The lowest BCUT2D eigenvalue weighted by atomic mass is 10.0. The van der Waals surface area contributed by atoms with Crippen molar-refractivity contribution in [1.82, 2.24) is 9.97 Å². The molecule has 1 N–H and O–H groups in total. The fraction of sp³-hybridized carbons (Fsp3) is 0.263. The fourth-order valence-electron chi connectivity index (χ4n) is 2.95. The number of aromatic nitrogens is 2. The molecule has 11 heteroatoms. The Bertz CT molecular complexity index is 1140. The first-order valence-electron chi connectivity index (χ1n) is 8.64. The molecule has 2 aromatic carbocycles. The highest BCUT2D eigenvalue weighted by Crippen LogP contribution is 2.36. The van der Waals surface area contributed by atoms with E-state index in [-0.39, 0.29) is 5.56 Å². The number of halogens is 4. The molecule has 0 spiro atoms. The minimum Gasteiger partial charge on any atom is -0.496 e. The van der Waals surface area contributed by atoms with Gasteiger partial charge in [0.25, 0.3) is 5.69 Å². The summed E-state index contributed by atoms with van der Waals surface area (Å²) in [5, 5.41) is 14.8. The van der Waals surface area contributed by atoms with Gasteiger partial charge >= 0.3 is 6.18 Å². The van der Waals surface area contributed by atoms with Crippen molar-refractivity contribution in [2.45, 2.75) is 26.1 Å². The molecule has 0 saturated heterocycles. The van der Waals surface area contributed by atoms with Crippen molar-refractivity contribution < 1.29 is 22.8 Å². The molecule has 0 unspecified atom stereocenters. The monoisotopic (exact) mass is 532 g/mol. The number of hydrogen-bond acceptors (Lipinski definition) is 6. The van der Waals surface area contributed by atoms with Crippen LogP contribution in [0.1, 0.15) is 29.9 Å². The van der Waals surface area contributed by atoms with Gasteiger partial charge in [-0.25, -0.2) is 9.97 Å². The van der Waals surface area contributed by atoms with Gasteiger partial charge in [0.2, 0.25) is 0 Å². The molecular weight excluding hydrogens is 516 g/mol. The molecule has 158 valence electrons. The smallest absolute Gasteiger partial charge is 0.416 e. The standard InChI is InChI=1S/C19H16F3IN4O3/c1-9(11-4-12(19(20,21)22)6-13(5-11)27(28)29)24-18-14-7-15(23)17(30-3)8-16(14)25-10(2)26-18/h4-9H,1-3H3,(H,24,25,26)/t9-/m1/s1. The van der Waals surface area contributed by atoms with E-state index < -0.39 is 28.4 Å². The Labute approximate surface area is 183 Å². The summed E-state index contributed by atoms with van der Waals surface area (Å²) < 4.78 is 45.7. The Balaban J connectivity index is 2.07. The number of non-ortho nitro benzene ring substituents is 1. The van der Waals surface area contributed by atoms with Crippen LogP contribution in [0.25, 0.3) is 10.9 Å². The average molecular weight is 532 g/mol. The number of anilines is 1. The Morgan fingerprint density at radius 1 is 1.20 bits per heavy atom. The number of hydrogen-bond donors (Lipinski definition) is 1. The van der Waals surface area contributed by atoms with Crippen molar-refractivity contribution in [3.05, 3.63) is 61.0 Å². The number of alkyl halides is 3. The average Bonchev–Trinajstić information content (AvgIpc) is 2.66. The molecule has 0 aliphatic carbocycles. The Morgan fingerprint density at radius 2 is 1.90 bits per heavy atom. The van der Waals surface area contributed by atoms with E-state index in [1.807, 2.05) is 0 Å². The zero-order valence-corrected chi connectivity index (χ0v) is 18.2. The second-order valence-corrected chi connectivity index (χ2v) is 7.72. The quantitative estimate of drug-likeness (QED) is 0.260. The summed E-state index contributed by atoms with van der Waals surface area (Å²) >= 11 is 2.10. The molecule has 0 bridgehead atoms. The first kappa shape index (κ1) is 22.0. The maximum Gasteiger partial charge on any atom is 0.416 e. The summed E-state index contributed by atoms with van der Waals surface area (Å²) in [6.07, 6.45) is -4.70. The lowest BCUT2D eigenvalue weighted by Gasteiger charge is -2.18. The topological polar surface area (TPSA) is 90.2 Å². The minimum atomic E-state index is -4.70. The summed E-state index contributed by atoms with van der Waals surface area (Å²) in [6.45, 7) is 3.30. The zero-order valence-electron chi connectivity index (χ0n) is 16.0. The number of nitro benzene ring substituents is 1. The van der Waals surface area contributed by atoms with Gasteiger partial charge in [0, 0.05) is 23.6 Å². The predicted molar refractivity (Wildman–Crippen MR) is 114 cm³/mol. The van der Waals surface area contributed by atoms with Gasteiger partial charge in [0.1, 0.15) is 17.4 Å². The van der Waals surface area contributed by atoms with Gasteiger partial charge in [-0.15, -0.1) is 0 Å². The van der Waals surface area contributed by atoms with Gasteiger partial charge in [-0.2, -0.15) is 13.2 Å². The highest BCUT2D eigenvalue weighted by Gasteiger charge is 2.33. The first-order chi connectivity index (χ1) is 14.0. The van der Waals surface area contributed by atoms with Crippen LogP contribution in [-0.4, -0.2) is 22.0 Å². The maximum absolute atomic E-state index is 13.2. The number of rotatable bonds is 5. The highest BCUT2D eigenvalue weighted by atomic mass is 127. The molecule has 1 aromatic heterocycles. The zero-order chi connectivity index (χ0) is 22.2. The van der Waals surface area contributed by atoms with Crippen molar-refractivity contribution in [2.24, 2.45) is 0 Å². The van der Waals surface area contributed by atoms with Gasteiger partial charge in [0.15, 0.2) is 0 Å². The summed E-state index contributed by atoms with van der Waals surface area (Å²) in [6, 6.07) is 5.40. The number of nitro groups is 1. The van der Waals surface area contributed by atoms with Crippen LogP contribution < -0.4 is 10.1 Å². The normalized spacial score (nSPS) is 12.6. The molecule has 3 rings (SSSR count). The number of aryl methyl sites for hydroxylation is 1. The SMILES string of the molecule is COc1cc2nc(C)nc(N[C@H](C)c3cc([N+](=O)[O-])cc(C(F)(F)F)c3)c2cc1I. The Hall–Kier alpha value is -2.70. The van der Waals surface area contributed by atoms with Gasteiger partial charge in [-0.05, 0) is 54.1 Å². The number of ether oxygens (including phenoxy) is 1. The first-order valence-corrected chi connectivity index (χ1v) is 9.72. The lowest BCUT2D eigenvalue weighted by Crippen LogP contribution is -2.13. The van der Waals surface area contributed by atoms with Crippen molar-refractivity contribution in [1.29, 1.82) is 0 Å². The minimum absolute atomic E-state index is 0.115. The van der Waals surface area contributed by atoms with Gasteiger partial charge < -0.3 is 10.1 Å². The second kappa shape index (κ2) is 8.20. The third-order valence-electron chi connectivity index (χ3n) is 4.41. The van der Waals surface area contributed by atoms with Crippen LogP contribution in [-0.2, 0) is 6.18 Å². The van der Waals surface area contributed by atoms with E-state index in [1.54, 1.807) is 33.1 Å². The highest BCUT2D eigenvalue weighted by molar-refractivity contribution is 14.1. The molecule has 0 aliphatic heterocycles. The molecule has 7 nitrogen and oxygen atoms in total. The lowest BCUT2D eigenvalue weighted by molar-refractivity contribution is -0.385. The summed E-state index contributed by atoms with van der Waals surface area (Å²) in [7, 11) is 1.54. The van der Waals surface area contributed by atoms with E-state index in [9.17, 15) is 23.3 Å². The van der Waals surface area contributed by atoms with Crippen LogP contribution in [0.5, 0.6) is 5.75 Å². The van der Waals surface area contributed by atoms with E-state index in [1.165, 1.54) is 0 Å². The van der Waals surface area contributed by atoms with Crippen molar-refractivity contribution in [3.8, 4) is 5.75 Å². The summed E-state index contributed by atoms with van der Waals surface area (Å²) in [4.78, 5) is 19.0. The molecule has 0 saturated carbocycles. The maximum atomic E-state index is 13.2. The predicted octanol–water partition coefficient (Wildman–Crippen LogP) is 5.65. The van der Waals surface area contributed by atoms with Gasteiger partial charge in [-0.3, -0.25) is 10.1 Å².